The van der Waals surface area contributed by atoms with Crippen molar-refractivity contribution >= 4 is 11.8 Å². The predicted molar refractivity (Wildman–Crippen MR) is 91.4 cm³/mol. The van der Waals surface area contributed by atoms with Crippen molar-refractivity contribution in [3.8, 4) is 11.5 Å². The lowest BCUT2D eigenvalue weighted by Crippen LogP contribution is -2.76. The minimum absolute atomic E-state index is 0.00319. The van der Waals surface area contributed by atoms with E-state index in [1.54, 1.807) is 6.07 Å². The molecule has 1 spiro atoms. The highest BCUT2D eigenvalue weighted by molar-refractivity contribution is 5.90. The van der Waals surface area contributed by atoms with Crippen LogP contribution in [0.4, 0.5) is 0 Å². The third-order valence-corrected chi connectivity index (χ3v) is 6.53. The number of nitrogens with zero attached hydrogens (tertiary/aromatic N) is 1. The minimum Gasteiger partial charge on any atom is -0.504 e. The topological polar surface area (TPSA) is 107 Å². The Kier molecular flexibility index (Phi) is 3.62. The quantitative estimate of drug-likeness (QED) is 0.628. The molecular weight excluding hydrogens is 338 g/mol. The molecule has 0 unspecified atom stereocenters. The number of aliphatic hydroxyl groups is 1. The second-order valence-corrected chi connectivity index (χ2v) is 7.78. The number of likely N-dealkylation sites (N-methyl/N-ethyl adjacent to an activating group) is 1. The summed E-state index contributed by atoms with van der Waals surface area (Å²) in [5.41, 5.74) is 0.370. The molecule has 26 heavy (non-hydrogen) atoms. The van der Waals surface area contributed by atoms with Crippen molar-refractivity contribution in [3.05, 3.63) is 23.3 Å². The molecule has 140 valence electrons. The highest BCUT2D eigenvalue weighted by Gasteiger charge is 2.72. The van der Waals surface area contributed by atoms with Gasteiger partial charge in [-0.25, -0.2) is 0 Å². The van der Waals surface area contributed by atoms with Gasteiger partial charge in [0.25, 0.3) is 5.97 Å². The summed E-state index contributed by atoms with van der Waals surface area (Å²) in [6, 6.07) is 3.57. The molecule has 4 aliphatic rings. The van der Waals surface area contributed by atoms with Gasteiger partial charge in [-0.3, -0.25) is 9.59 Å². The van der Waals surface area contributed by atoms with E-state index in [2.05, 4.69) is 4.90 Å². The van der Waals surface area contributed by atoms with E-state index in [1.807, 2.05) is 13.1 Å². The smallest absolute Gasteiger partial charge is 0.300 e. The molecule has 1 aromatic carbocycles. The number of carbonyl (C=O) groups excluding carboxylic acids is 1. The molecule has 0 radical (unpaired) electrons. The summed E-state index contributed by atoms with van der Waals surface area (Å²) >= 11 is 0. The van der Waals surface area contributed by atoms with Crippen molar-refractivity contribution in [1.82, 2.24) is 4.90 Å². The summed E-state index contributed by atoms with van der Waals surface area (Å²) < 4.78 is 5.94. The van der Waals surface area contributed by atoms with Crippen LogP contribution in [0.5, 0.6) is 11.5 Å². The molecule has 0 aromatic heterocycles. The van der Waals surface area contributed by atoms with Crippen molar-refractivity contribution in [3.63, 3.8) is 0 Å². The van der Waals surface area contributed by atoms with Crippen molar-refractivity contribution in [1.29, 1.82) is 0 Å². The van der Waals surface area contributed by atoms with E-state index in [4.69, 9.17) is 14.6 Å². The number of phenols is 1. The van der Waals surface area contributed by atoms with Gasteiger partial charge >= 0.3 is 0 Å². The molecule has 2 fully saturated rings. The van der Waals surface area contributed by atoms with Gasteiger partial charge in [-0.05, 0) is 44.5 Å². The van der Waals surface area contributed by atoms with Gasteiger partial charge in [0, 0.05) is 24.9 Å². The SMILES string of the molecule is CC(=O)O.CN1CC[C@]23c4c5ccc(O)c4O[C@H]2C(=O)CC[C@@]3(O)[C@H]1C5. The number of aromatic hydroxyl groups is 1. The molecule has 4 atom stereocenters. The van der Waals surface area contributed by atoms with Gasteiger partial charge in [0.05, 0.1) is 11.0 Å². The number of hydrogen-bond acceptors (Lipinski definition) is 6. The summed E-state index contributed by atoms with van der Waals surface area (Å²) in [6.45, 7) is 1.91. The van der Waals surface area contributed by atoms with Crippen LogP contribution in [0, 0.1) is 0 Å². The third-order valence-electron chi connectivity index (χ3n) is 6.53. The summed E-state index contributed by atoms with van der Waals surface area (Å²) in [5.74, 6) is -0.273. The second kappa shape index (κ2) is 5.44. The zero-order chi connectivity index (χ0) is 18.9. The van der Waals surface area contributed by atoms with Crippen LogP contribution >= 0.6 is 0 Å². The lowest BCUT2D eigenvalue weighted by Gasteiger charge is -2.61. The number of ketones is 1. The summed E-state index contributed by atoms with van der Waals surface area (Å²) in [5, 5.41) is 29.3. The van der Waals surface area contributed by atoms with Crippen LogP contribution < -0.4 is 4.74 Å². The first-order valence-corrected chi connectivity index (χ1v) is 8.89. The highest BCUT2D eigenvalue weighted by atomic mass is 16.5. The molecule has 0 amide bonds. The Morgan fingerprint density at radius 1 is 1.35 bits per heavy atom. The maximum Gasteiger partial charge on any atom is 0.300 e. The maximum atomic E-state index is 12.5. The van der Waals surface area contributed by atoms with E-state index in [0.29, 0.717) is 25.0 Å². The Morgan fingerprint density at radius 2 is 2.04 bits per heavy atom. The third kappa shape index (κ3) is 1.95. The summed E-state index contributed by atoms with van der Waals surface area (Å²) in [4.78, 5) is 23.7. The first kappa shape index (κ1) is 17.3. The number of benzene rings is 1. The number of carboxylic acids is 1. The van der Waals surface area contributed by atoms with Gasteiger partial charge in [0.2, 0.25) is 0 Å². The average molecular weight is 361 g/mol. The molecule has 1 saturated carbocycles. The minimum atomic E-state index is -0.954. The fourth-order valence-corrected chi connectivity index (χ4v) is 5.54. The summed E-state index contributed by atoms with van der Waals surface area (Å²) in [7, 11) is 2.04. The molecule has 3 N–H and O–H groups in total. The number of Topliss-reactive ketones (excluding diaryl/α,β-unsaturated/α-hetero) is 1. The first-order chi connectivity index (χ1) is 12.2. The average Bonchev–Trinajstić information content (AvgIpc) is 2.92. The Morgan fingerprint density at radius 3 is 2.73 bits per heavy atom. The fourth-order valence-electron chi connectivity index (χ4n) is 5.54. The molecule has 2 heterocycles. The number of piperidine rings is 1. The standard InChI is InChI=1S/C17H19NO4.C2H4O2/c1-18-7-6-16-13-9-2-3-10(19)14(13)22-15(16)11(20)4-5-17(16,21)12(18)8-9;1-2(3)4/h2-3,12,15,19,21H,4-8H2,1H3;1H3,(H,3,4)/t12-,15+,16+,17-;/m1./s1. The number of aliphatic carboxylic acids is 1. The van der Waals surface area contributed by atoms with Crippen LogP contribution in [0.25, 0.3) is 0 Å². The van der Waals surface area contributed by atoms with E-state index in [9.17, 15) is 15.0 Å². The molecule has 7 heteroatoms. The van der Waals surface area contributed by atoms with Crippen LogP contribution in [0.15, 0.2) is 12.1 Å². The van der Waals surface area contributed by atoms with Crippen LogP contribution in [0.1, 0.15) is 37.3 Å². The van der Waals surface area contributed by atoms with Crippen LogP contribution in [-0.2, 0) is 21.4 Å². The van der Waals surface area contributed by atoms with Crippen molar-refractivity contribution < 1.29 is 29.6 Å². The van der Waals surface area contributed by atoms with E-state index in [0.717, 1.165) is 31.0 Å². The Hall–Kier alpha value is -2.12. The molecule has 2 aliphatic heterocycles. The van der Waals surface area contributed by atoms with Crippen molar-refractivity contribution in [2.75, 3.05) is 13.6 Å². The molecule has 2 bridgehead atoms. The molecule has 5 rings (SSSR count). The number of phenolic OH excluding ortho intramolecular Hbond substituents is 1. The van der Waals surface area contributed by atoms with Crippen molar-refractivity contribution in [2.24, 2.45) is 0 Å². The lowest BCUT2D eigenvalue weighted by atomic mass is 9.49. The Bertz CT molecular complexity index is 803. The number of ether oxygens (including phenoxy) is 1. The monoisotopic (exact) mass is 361 g/mol. The van der Waals surface area contributed by atoms with Crippen LogP contribution in [-0.4, -0.2) is 63.3 Å². The molecule has 7 nitrogen and oxygen atoms in total. The van der Waals surface area contributed by atoms with Gasteiger partial charge in [-0.15, -0.1) is 0 Å². The number of carbonyl (C=O) groups is 2. The van der Waals surface area contributed by atoms with E-state index >= 15 is 0 Å². The maximum absolute atomic E-state index is 12.5. The van der Waals surface area contributed by atoms with Gasteiger partial charge in [0.15, 0.2) is 23.4 Å². The van der Waals surface area contributed by atoms with Gasteiger partial charge in [0.1, 0.15) is 0 Å². The normalized spacial score (nSPS) is 36.5. The van der Waals surface area contributed by atoms with Gasteiger partial charge in [-0.2, -0.15) is 0 Å². The summed E-state index contributed by atoms with van der Waals surface area (Å²) in [6.07, 6.45) is 1.61. The number of carboxylic acid groups (broad SMARTS) is 1. The lowest BCUT2D eigenvalue weighted by molar-refractivity contribution is -0.185. The van der Waals surface area contributed by atoms with E-state index in [1.165, 1.54) is 0 Å². The van der Waals surface area contributed by atoms with E-state index < -0.39 is 23.1 Å². The second-order valence-electron chi connectivity index (χ2n) is 7.78. The number of likely N-dealkylation sites (tertiary alicyclic amines) is 1. The number of hydrogen-bond donors (Lipinski definition) is 3. The first-order valence-electron chi connectivity index (χ1n) is 8.89. The van der Waals surface area contributed by atoms with Crippen LogP contribution in [0.2, 0.25) is 0 Å². The highest BCUT2D eigenvalue weighted by Crippen LogP contribution is 2.64. The molecule has 2 aliphatic carbocycles. The zero-order valence-electron chi connectivity index (χ0n) is 14.9. The fraction of sp³-hybridized carbons (Fsp3) is 0.579. The number of rotatable bonds is 0. The molecule has 1 aromatic rings. The van der Waals surface area contributed by atoms with Gasteiger partial charge in [-0.1, -0.05) is 6.07 Å². The van der Waals surface area contributed by atoms with Gasteiger partial charge < -0.3 is 25.0 Å². The molecular formula is C19H23NO6. The zero-order valence-corrected chi connectivity index (χ0v) is 14.9. The van der Waals surface area contributed by atoms with Crippen molar-refractivity contribution in [2.45, 2.75) is 55.8 Å². The Labute approximate surface area is 151 Å². The predicted octanol–water partition coefficient (Wildman–Crippen LogP) is 0.836. The largest absolute Gasteiger partial charge is 0.504 e. The van der Waals surface area contributed by atoms with E-state index in [-0.39, 0.29) is 17.6 Å². The Balaban J connectivity index is 0.000000385. The van der Waals surface area contributed by atoms with Crippen LogP contribution in [0.3, 0.4) is 0 Å². The molecule has 1 saturated heterocycles.